The van der Waals surface area contributed by atoms with E-state index in [1.54, 1.807) is 19.1 Å². The van der Waals surface area contributed by atoms with E-state index >= 15 is 0 Å². The number of hydrogen-bond donors (Lipinski definition) is 1. The number of rotatable bonds is 5. The molecule has 0 spiro atoms. The molecule has 1 saturated carbocycles. The number of benzene rings is 1. The topological polar surface area (TPSA) is 70.0 Å². The van der Waals surface area contributed by atoms with E-state index in [-0.39, 0.29) is 10.9 Å². The number of aryl methyl sites for hydroxylation is 1. The summed E-state index contributed by atoms with van der Waals surface area (Å²) < 4.78 is 28.0. The molecule has 1 aliphatic rings. The molecule has 0 saturated heterocycles. The highest BCUT2D eigenvalue weighted by Crippen LogP contribution is 2.31. The van der Waals surface area contributed by atoms with Crippen LogP contribution in [0.25, 0.3) is 0 Å². The van der Waals surface area contributed by atoms with Crippen LogP contribution in [0.5, 0.6) is 0 Å². The van der Waals surface area contributed by atoms with Crippen molar-refractivity contribution in [3.63, 3.8) is 0 Å². The minimum Gasteiger partial charge on any atom is -0.207 e. The van der Waals surface area contributed by atoms with E-state index in [4.69, 9.17) is 5.26 Å². The maximum Gasteiger partial charge on any atom is 0.241 e. The molecule has 2 rings (SSSR count). The Hall–Kier alpha value is -1.03. The highest BCUT2D eigenvalue weighted by atomic mass is 32.2. The van der Waals surface area contributed by atoms with Gasteiger partial charge in [0.25, 0.3) is 0 Å². The van der Waals surface area contributed by atoms with Crippen LogP contribution in [0, 0.1) is 18.3 Å². The summed E-state index contributed by atoms with van der Waals surface area (Å²) in [6.45, 7) is 3.84. The van der Waals surface area contributed by atoms with Crippen LogP contribution >= 0.6 is 11.8 Å². The molecule has 0 amide bonds. The molecule has 0 radical (unpaired) electrons. The van der Waals surface area contributed by atoms with E-state index in [0.717, 1.165) is 25.0 Å². The van der Waals surface area contributed by atoms with Crippen LogP contribution in [-0.4, -0.2) is 25.5 Å². The van der Waals surface area contributed by atoms with E-state index in [2.05, 4.69) is 11.6 Å². The molecule has 0 aliphatic heterocycles. The minimum atomic E-state index is -3.57. The first-order valence-electron chi connectivity index (χ1n) is 7.12. The Kier molecular flexibility index (Phi) is 5.31. The van der Waals surface area contributed by atoms with Crippen molar-refractivity contribution >= 4 is 21.8 Å². The van der Waals surface area contributed by atoms with Crippen LogP contribution in [0.3, 0.4) is 0 Å². The molecular formula is C15H20N2O2S2. The van der Waals surface area contributed by atoms with Crippen molar-refractivity contribution in [1.82, 2.24) is 4.72 Å². The monoisotopic (exact) mass is 324 g/mol. The molecular weight excluding hydrogens is 304 g/mol. The molecule has 6 heteroatoms. The van der Waals surface area contributed by atoms with Crippen LogP contribution in [0.15, 0.2) is 23.1 Å². The highest BCUT2D eigenvalue weighted by molar-refractivity contribution is 8.00. The summed E-state index contributed by atoms with van der Waals surface area (Å²) in [5, 5.41) is 9.30. The molecule has 1 aromatic rings. The zero-order valence-electron chi connectivity index (χ0n) is 12.3. The van der Waals surface area contributed by atoms with Crippen molar-refractivity contribution in [1.29, 1.82) is 5.26 Å². The van der Waals surface area contributed by atoms with E-state index < -0.39 is 10.0 Å². The van der Waals surface area contributed by atoms with E-state index in [0.29, 0.717) is 16.4 Å². The van der Waals surface area contributed by atoms with Gasteiger partial charge in [0.05, 0.1) is 16.5 Å². The average molecular weight is 324 g/mol. The number of sulfonamides is 1. The second-order valence-corrected chi connectivity index (χ2v) is 8.44. The van der Waals surface area contributed by atoms with Gasteiger partial charge in [0.1, 0.15) is 0 Å². The first-order valence-corrected chi connectivity index (χ1v) is 9.66. The number of hydrogen-bond acceptors (Lipinski definition) is 4. The fraction of sp³-hybridized carbons (Fsp3) is 0.533. The Morgan fingerprint density at radius 2 is 2.19 bits per heavy atom. The lowest BCUT2D eigenvalue weighted by Crippen LogP contribution is -2.39. The lowest BCUT2D eigenvalue weighted by atomic mass is 10.2. The molecule has 1 N–H and O–H groups in total. The Morgan fingerprint density at radius 1 is 1.43 bits per heavy atom. The maximum absolute atomic E-state index is 12.6. The van der Waals surface area contributed by atoms with Gasteiger partial charge in [0.2, 0.25) is 10.0 Å². The predicted molar refractivity (Wildman–Crippen MR) is 85.8 cm³/mol. The summed E-state index contributed by atoms with van der Waals surface area (Å²) in [5.41, 5.74) is 1.03. The number of nitrogens with zero attached hydrogens (tertiary/aromatic N) is 1. The zero-order valence-corrected chi connectivity index (χ0v) is 13.9. The largest absolute Gasteiger partial charge is 0.241 e. The standard InChI is InChI=1S/C15H20N2O2S2/c1-3-20-14-6-4-5-13(14)17-21(18,19)15-9-12(10-16)8-7-11(15)2/h7-9,13-14,17H,3-6H2,1-2H3. The van der Waals surface area contributed by atoms with Gasteiger partial charge in [-0.25, -0.2) is 13.1 Å². The van der Waals surface area contributed by atoms with Crippen LogP contribution in [-0.2, 0) is 10.0 Å². The predicted octanol–water partition coefficient (Wildman–Crippen LogP) is 2.82. The first-order chi connectivity index (χ1) is 9.97. The summed E-state index contributed by atoms with van der Waals surface area (Å²) in [6.07, 6.45) is 3.00. The molecule has 4 nitrogen and oxygen atoms in total. The molecule has 0 heterocycles. The quantitative estimate of drug-likeness (QED) is 0.904. The summed E-state index contributed by atoms with van der Waals surface area (Å²) in [5.74, 6) is 0.992. The maximum atomic E-state index is 12.6. The zero-order chi connectivity index (χ0) is 15.5. The molecule has 114 valence electrons. The first kappa shape index (κ1) is 16.3. The molecule has 21 heavy (non-hydrogen) atoms. The fourth-order valence-corrected chi connectivity index (χ4v) is 5.56. The van der Waals surface area contributed by atoms with E-state index in [1.165, 1.54) is 6.07 Å². The Morgan fingerprint density at radius 3 is 2.86 bits per heavy atom. The Labute approximate surface area is 131 Å². The Balaban J connectivity index is 2.24. The average Bonchev–Trinajstić information content (AvgIpc) is 2.86. The molecule has 0 bridgehead atoms. The van der Waals surface area contributed by atoms with Crippen molar-refractivity contribution in [3.05, 3.63) is 29.3 Å². The third-order valence-corrected chi connectivity index (χ3v) is 6.70. The third-order valence-electron chi connectivity index (χ3n) is 3.75. The SMILES string of the molecule is CCSC1CCCC1NS(=O)(=O)c1cc(C#N)ccc1C. The van der Waals surface area contributed by atoms with Gasteiger partial charge in [0.15, 0.2) is 0 Å². The molecule has 0 aromatic heterocycles. The molecule has 1 aromatic carbocycles. The van der Waals surface area contributed by atoms with Crippen LogP contribution < -0.4 is 4.72 Å². The van der Waals surface area contributed by atoms with E-state index in [1.807, 2.05) is 17.8 Å². The second-order valence-electron chi connectivity index (χ2n) is 5.24. The number of nitrogens with one attached hydrogen (secondary N) is 1. The highest BCUT2D eigenvalue weighted by Gasteiger charge is 2.31. The summed E-state index contributed by atoms with van der Waals surface area (Å²) in [6, 6.07) is 6.76. The van der Waals surface area contributed by atoms with E-state index in [9.17, 15) is 8.42 Å². The van der Waals surface area contributed by atoms with Crippen LogP contribution in [0.1, 0.15) is 37.3 Å². The lowest BCUT2D eigenvalue weighted by molar-refractivity contribution is 0.554. The molecule has 1 aliphatic carbocycles. The minimum absolute atomic E-state index is 0.00917. The molecule has 2 unspecified atom stereocenters. The number of thioether (sulfide) groups is 1. The van der Waals surface area contributed by atoms with Gasteiger partial charge in [-0.15, -0.1) is 0 Å². The summed E-state index contributed by atoms with van der Waals surface area (Å²) in [4.78, 5) is 0.216. The summed E-state index contributed by atoms with van der Waals surface area (Å²) >= 11 is 1.82. The van der Waals surface area contributed by atoms with Gasteiger partial charge in [-0.2, -0.15) is 17.0 Å². The molecule has 2 atom stereocenters. The van der Waals surface area contributed by atoms with Crippen molar-refractivity contribution < 1.29 is 8.42 Å². The normalized spacial score (nSPS) is 22.1. The van der Waals surface area contributed by atoms with Gasteiger partial charge in [-0.1, -0.05) is 19.4 Å². The van der Waals surface area contributed by atoms with Crippen LogP contribution in [0.2, 0.25) is 0 Å². The van der Waals surface area contributed by atoms with Crippen molar-refractivity contribution in [2.45, 2.75) is 49.3 Å². The van der Waals surface area contributed by atoms with Gasteiger partial charge in [-0.3, -0.25) is 0 Å². The van der Waals surface area contributed by atoms with Crippen molar-refractivity contribution in [3.8, 4) is 6.07 Å². The van der Waals surface area contributed by atoms with Crippen molar-refractivity contribution in [2.75, 3.05) is 5.75 Å². The van der Waals surface area contributed by atoms with Gasteiger partial charge >= 0.3 is 0 Å². The Bertz CT molecular complexity index is 650. The van der Waals surface area contributed by atoms with Crippen LogP contribution in [0.4, 0.5) is 0 Å². The number of nitriles is 1. The third kappa shape index (κ3) is 3.79. The van der Waals surface area contributed by atoms with Gasteiger partial charge in [0, 0.05) is 11.3 Å². The van der Waals surface area contributed by atoms with Gasteiger partial charge < -0.3 is 0 Å². The fourth-order valence-electron chi connectivity index (χ4n) is 2.70. The lowest BCUT2D eigenvalue weighted by Gasteiger charge is -2.20. The van der Waals surface area contributed by atoms with Gasteiger partial charge in [-0.05, 0) is 43.2 Å². The second kappa shape index (κ2) is 6.82. The molecule has 1 fully saturated rings. The smallest absolute Gasteiger partial charge is 0.207 e. The summed E-state index contributed by atoms with van der Waals surface area (Å²) in [7, 11) is -3.57. The van der Waals surface area contributed by atoms with Crippen molar-refractivity contribution in [2.24, 2.45) is 0 Å².